The van der Waals surface area contributed by atoms with Crippen LogP contribution in [0, 0.1) is 0 Å². The zero-order valence-corrected chi connectivity index (χ0v) is 5.48. The smallest absolute Gasteiger partial charge is 0.207 e. The third-order valence-electron chi connectivity index (χ3n) is 0.346. The van der Waals surface area contributed by atoms with Crippen LogP contribution in [0.1, 0.15) is 13.8 Å². The Kier molecular flexibility index (Phi) is 20.9. The largest absolute Gasteiger partial charge is 0.355 e. The summed E-state index contributed by atoms with van der Waals surface area (Å²) in [5, 5.41) is 2.40. The number of carbonyl (C=O) groups excluding carboxylic acids is 1. The van der Waals surface area contributed by atoms with E-state index in [1.54, 1.807) is 6.08 Å². The van der Waals surface area contributed by atoms with Crippen LogP contribution in [-0.4, -0.2) is 13.0 Å². The SMILES string of the molecule is C=CCNC=O.CC. The molecule has 0 heterocycles. The summed E-state index contributed by atoms with van der Waals surface area (Å²) in [6.07, 6.45) is 2.26. The standard InChI is InChI=1S/C4H7NO.C2H6/c1-2-3-5-4-6;1-2/h2,4H,1,3H2,(H,5,6);1-2H3. The minimum absolute atomic E-state index is 0.559. The molecule has 0 aromatic rings. The van der Waals surface area contributed by atoms with Gasteiger partial charge in [0.1, 0.15) is 0 Å². The molecule has 0 aromatic heterocycles. The highest BCUT2D eigenvalue weighted by Gasteiger charge is 1.63. The molecule has 0 saturated heterocycles. The normalized spacial score (nSPS) is 5.75. The van der Waals surface area contributed by atoms with Crippen molar-refractivity contribution < 1.29 is 4.79 Å². The number of rotatable bonds is 3. The van der Waals surface area contributed by atoms with Crippen LogP contribution in [0.2, 0.25) is 0 Å². The van der Waals surface area contributed by atoms with Crippen molar-refractivity contribution in [2.24, 2.45) is 0 Å². The van der Waals surface area contributed by atoms with Crippen LogP contribution in [0.25, 0.3) is 0 Å². The van der Waals surface area contributed by atoms with Gasteiger partial charge in [-0.1, -0.05) is 19.9 Å². The van der Waals surface area contributed by atoms with E-state index in [1.807, 2.05) is 13.8 Å². The molecule has 0 saturated carbocycles. The Balaban J connectivity index is 0. The van der Waals surface area contributed by atoms with Crippen molar-refractivity contribution in [1.29, 1.82) is 0 Å². The third kappa shape index (κ3) is 18.9. The summed E-state index contributed by atoms with van der Waals surface area (Å²) in [5.74, 6) is 0. The third-order valence-corrected chi connectivity index (χ3v) is 0.346. The predicted octanol–water partition coefficient (Wildman–Crippen LogP) is 0.945. The highest BCUT2D eigenvalue weighted by molar-refractivity contribution is 5.46. The maximum Gasteiger partial charge on any atom is 0.207 e. The topological polar surface area (TPSA) is 29.1 Å². The monoisotopic (exact) mass is 115 g/mol. The van der Waals surface area contributed by atoms with Gasteiger partial charge in [0.2, 0.25) is 6.41 Å². The lowest BCUT2D eigenvalue weighted by molar-refractivity contribution is -0.109. The Labute approximate surface area is 50.6 Å². The molecule has 0 bridgehead atoms. The van der Waals surface area contributed by atoms with Crippen molar-refractivity contribution in [3.05, 3.63) is 12.7 Å². The number of nitrogens with one attached hydrogen (secondary N) is 1. The number of hydrogen-bond donors (Lipinski definition) is 1. The van der Waals surface area contributed by atoms with Gasteiger partial charge in [-0.2, -0.15) is 0 Å². The van der Waals surface area contributed by atoms with Gasteiger partial charge in [-0.3, -0.25) is 4.79 Å². The summed E-state index contributed by atoms with van der Waals surface area (Å²) in [7, 11) is 0. The van der Waals surface area contributed by atoms with Crippen molar-refractivity contribution in [2.45, 2.75) is 13.8 Å². The Morgan fingerprint density at radius 2 is 2.12 bits per heavy atom. The van der Waals surface area contributed by atoms with E-state index in [-0.39, 0.29) is 0 Å². The maximum atomic E-state index is 9.40. The summed E-state index contributed by atoms with van der Waals surface area (Å²) in [5.41, 5.74) is 0. The first-order valence-electron chi connectivity index (χ1n) is 2.69. The van der Waals surface area contributed by atoms with Crippen LogP contribution in [0.4, 0.5) is 0 Å². The lowest BCUT2D eigenvalue weighted by atomic mass is 10.6. The quantitative estimate of drug-likeness (QED) is 0.331. The molecule has 1 amide bonds. The van der Waals surface area contributed by atoms with Crippen LogP contribution in [0.3, 0.4) is 0 Å². The Bertz CT molecular complexity index is 44.5. The first-order valence-corrected chi connectivity index (χ1v) is 2.69. The maximum absolute atomic E-state index is 9.40. The number of carbonyl (C=O) groups is 1. The number of amides is 1. The molecule has 2 nitrogen and oxygen atoms in total. The molecule has 0 rings (SSSR count). The minimum atomic E-state index is 0.559. The molecule has 0 aliphatic rings. The molecule has 8 heavy (non-hydrogen) atoms. The molecule has 0 aliphatic heterocycles. The fourth-order valence-corrected chi connectivity index (χ4v) is 0.131. The van der Waals surface area contributed by atoms with E-state index in [0.29, 0.717) is 13.0 Å². The molecular formula is C6H13NO. The molecule has 2 heteroatoms. The van der Waals surface area contributed by atoms with Crippen LogP contribution in [0.15, 0.2) is 12.7 Å². The van der Waals surface area contributed by atoms with Gasteiger partial charge in [0.25, 0.3) is 0 Å². The average Bonchev–Trinajstić information content (AvgIpc) is 1.88. The van der Waals surface area contributed by atoms with Crippen molar-refractivity contribution in [2.75, 3.05) is 6.54 Å². The second kappa shape index (κ2) is 16.4. The van der Waals surface area contributed by atoms with Gasteiger partial charge in [0, 0.05) is 6.54 Å². The van der Waals surface area contributed by atoms with Crippen molar-refractivity contribution in [3.63, 3.8) is 0 Å². The highest BCUT2D eigenvalue weighted by Crippen LogP contribution is 1.49. The van der Waals surface area contributed by atoms with Crippen LogP contribution in [0.5, 0.6) is 0 Å². The second-order valence-corrected chi connectivity index (χ2v) is 0.815. The molecule has 0 fully saturated rings. The first kappa shape index (κ1) is 10.2. The summed E-state index contributed by atoms with van der Waals surface area (Å²) in [6, 6.07) is 0. The van der Waals surface area contributed by atoms with E-state index < -0.39 is 0 Å². The average molecular weight is 115 g/mol. The summed E-state index contributed by atoms with van der Waals surface area (Å²) in [6.45, 7) is 7.94. The zero-order chi connectivity index (χ0) is 6.83. The van der Waals surface area contributed by atoms with Crippen LogP contribution in [-0.2, 0) is 4.79 Å². The van der Waals surface area contributed by atoms with Gasteiger partial charge in [0.05, 0.1) is 0 Å². The molecule has 48 valence electrons. The van der Waals surface area contributed by atoms with E-state index in [9.17, 15) is 4.79 Å². The van der Waals surface area contributed by atoms with E-state index in [0.717, 1.165) is 0 Å². The van der Waals surface area contributed by atoms with Gasteiger partial charge in [0.15, 0.2) is 0 Å². The van der Waals surface area contributed by atoms with Gasteiger partial charge in [-0.05, 0) is 0 Å². The molecule has 1 N–H and O–H groups in total. The molecule has 0 aromatic carbocycles. The van der Waals surface area contributed by atoms with Gasteiger partial charge in [-0.15, -0.1) is 6.58 Å². The Morgan fingerprint density at radius 3 is 2.25 bits per heavy atom. The van der Waals surface area contributed by atoms with Crippen LogP contribution < -0.4 is 5.32 Å². The molecular weight excluding hydrogens is 102 g/mol. The Morgan fingerprint density at radius 1 is 1.62 bits per heavy atom. The van der Waals surface area contributed by atoms with Crippen LogP contribution >= 0.6 is 0 Å². The first-order chi connectivity index (χ1) is 3.91. The van der Waals surface area contributed by atoms with E-state index in [1.165, 1.54) is 0 Å². The predicted molar refractivity (Wildman–Crippen MR) is 35.6 cm³/mol. The molecule has 0 spiro atoms. The molecule has 0 radical (unpaired) electrons. The number of hydrogen-bond acceptors (Lipinski definition) is 1. The van der Waals surface area contributed by atoms with Crippen molar-refractivity contribution in [1.82, 2.24) is 5.32 Å². The molecule has 0 atom stereocenters. The summed E-state index contributed by atoms with van der Waals surface area (Å²) >= 11 is 0. The Hall–Kier alpha value is -0.790. The van der Waals surface area contributed by atoms with Gasteiger partial charge in [-0.25, -0.2) is 0 Å². The van der Waals surface area contributed by atoms with E-state index >= 15 is 0 Å². The lowest BCUT2D eigenvalue weighted by Gasteiger charge is -1.81. The highest BCUT2D eigenvalue weighted by atomic mass is 16.1. The fraction of sp³-hybridized carbons (Fsp3) is 0.500. The summed E-state index contributed by atoms with van der Waals surface area (Å²) in [4.78, 5) is 9.40. The van der Waals surface area contributed by atoms with Crippen molar-refractivity contribution >= 4 is 6.41 Å². The van der Waals surface area contributed by atoms with E-state index in [4.69, 9.17) is 0 Å². The van der Waals surface area contributed by atoms with E-state index in [2.05, 4.69) is 11.9 Å². The fourth-order valence-electron chi connectivity index (χ4n) is 0.131. The minimum Gasteiger partial charge on any atom is -0.355 e. The second-order valence-electron chi connectivity index (χ2n) is 0.815. The summed E-state index contributed by atoms with van der Waals surface area (Å²) < 4.78 is 0. The molecule has 0 aliphatic carbocycles. The van der Waals surface area contributed by atoms with Gasteiger partial charge >= 0.3 is 0 Å². The zero-order valence-electron chi connectivity index (χ0n) is 5.48. The van der Waals surface area contributed by atoms with Crippen molar-refractivity contribution in [3.8, 4) is 0 Å². The lowest BCUT2D eigenvalue weighted by Crippen LogP contribution is -2.08. The van der Waals surface area contributed by atoms with Gasteiger partial charge < -0.3 is 5.32 Å². The molecule has 0 unspecified atom stereocenters.